The van der Waals surface area contributed by atoms with E-state index in [2.05, 4.69) is 25.0 Å². The molecule has 2 saturated heterocycles. The van der Waals surface area contributed by atoms with E-state index in [1.807, 2.05) is 0 Å². The molecule has 2 aliphatic heterocycles. The van der Waals surface area contributed by atoms with Crippen LogP contribution in [0.5, 0.6) is 0 Å². The molecule has 2 fully saturated rings. The minimum absolute atomic E-state index is 0.780. The Kier molecular flexibility index (Phi) is 3.53. The predicted molar refractivity (Wildman–Crippen MR) is 66.2 cm³/mol. The fourth-order valence-electron chi connectivity index (χ4n) is 3.35. The first-order valence-electron chi connectivity index (χ1n) is 6.52. The van der Waals surface area contributed by atoms with Crippen LogP contribution in [0.4, 0.5) is 0 Å². The van der Waals surface area contributed by atoms with Gasteiger partial charge in [0.2, 0.25) is 0 Å². The number of hydrogen-bond acceptors (Lipinski definition) is 2. The Morgan fingerprint density at radius 3 is 2.87 bits per heavy atom. The monoisotopic (exact) mass is 227 g/mol. The van der Waals surface area contributed by atoms with Crippen molar-refractivity contribution in [2.45, 2.75) is 58.2 Å². The van der Waals surface area contributed by atoms with Gasteiger partial charge < -0.3 is 4.43 Å². The van der Waals surface area contributed by atoms with Crippen LogP contribution in [0.1, 0.15) is 39.5 Å². The summed E-state index contributed by atoms with van der Waals surface area (Å²) in [6.45, 7) is 9.42. The molecule has 0 spiro atoms. The number of rotatable bonds is 2. The molecule has 0 aromatic heterocycles. The van der Waals surface area contributed by atoms with Gasteiger partial charge in [-0.15, -0.1) is 0 Å². The van der Waals surface area contributed by atoms with Crippen molar-refractivity contribution in [1.82, 2.24) is 4.57 Å². The van der Waals surface area contributed by atoms with E-state index in [9.17, 15) is 0 Å². The third-order valence-corrected chi connectivity index (χ3v) is 8.09. The molecule has 2 aliphatic rings. The van der Waals surface area contributed by atoms with Gasteiger partial charge in [0.1, 0.15) is 0 Å². The average Bonchev–Trinajstić information content (AvgIpc) is 2.17. The molecule has 0 aromatic carbocycles. The normalized spacial score (nSPS) is 38.0. The third kappa shape index (κ3) is 2.45. The third-order valence-electron chi connectivity index (χ3n) is 3.89. The zero-order valence-electron chi connectivity index (χ0n) is 10.5. The van der Waals surface area contributed by atoms with E-state index in [0.29, 0.717) is 0 Å². The second-order valence-electron chi connectivity index (χ2n) is 5.75. The highest BCUT2D eigenvalue weighted by Gasteiger charge is 2.44. The van der Waals surface area contributed by atoms with Gasteiger partial charge in [-0.05, 0) is 44.3 Å². The lowest BCUT2D eigenvalue weighted by molar-refractivity contribution is 0.103. The van der Waals surface area contributed by atoms with Gasteiger partial charge in [-0.25, -0.2) is 0 Å². The van der Waals surface area contributed by atoms with Crippen LogP contribution in [0.25, 0.3) is 0 Å². The van der Waals surface area contributed by atoms with Gasteiger partial charge in [0.15, 0.2) is 0 Å². The fourth-order valence-corrected chi connectivity index (χ4v) is 7.61. The van der Waals surface area contributed by atoms with E-state index in [-0.39, 0.29) is 0 Å². The van der Waals surface area contributed by atoms with Crippen LogP contribution in [0.2, 0.25) is 12.6 Å². The van der Waals surface area contributed by atoms with Crippen LogP contribution < -0.4 is 0 Å². The molecule has 2 unspecified atom stereocenters. The van der Waals surface area contributed by atoms with Crippen molar-refractivity contribution in [1.29, 1.82) is 0 Å². The molecule has 0 saturated carbocycles. The number of fused-ring (bicyclic) bond motifs is 1. The first-order valence-corrected chi connectivity index (χ1v) is 9.09. The summed E-state index contributed by atoms with van der Waals surface area (Å²) in [5, 5.41) is 0. The van der Waals surface area contributed by atoms with Crippen LogP contribution in [-0.2, 0) is 4.43 Å². The molecule has 0 bridgehead atoms. The van der Waals surface area contributed by atoms with Gasteiger partial charge >= 0.3 is 0 Å². The molecule has 2 rings (SSSR count). The van der Waals surface area contributed by atoms with Crippen molar-refractivity contribution >= 4 is 8.48 Å². The quantitative estimate of drug-likeness (QED) is 0.673. The minimum Gasteiger partial charge on any atom is -0.403 e. The summed E-state index contributed by atoms with van der Waals surface area (Å²) in [6, 6.07) is 2.17. The highest BCUT2D eigenvalue weighted by molar-refractivity contribution is 6.70. The van der Waals surface area contributed by atoms with Crippen LogP contribution >= 0.6 is 0 Å². The molecule has 0 radical (unpaired) electrons. The van der Waals surface area contributed by atoms with Crippen LogP contribution in [0.3, 0.4) is 0 Å². The number of hydrogen-bond donors (Lipinski definition) is 0. The maximum absolute atomic E-state index is 6.21. The molecule has 15 heavy (non-hydrogen) atoms. The topological polar surface area (TPSA) is 12.5 Å². The Labute approximate surface area is 95.2 Å². The lowest BCUT2D eigenvalue weighted by Gasteiger charge is -2.50. The van der Waals surface area contributed by atoms with Gasteiger partial charge in [0, 0.05) is 12.6 Å². The molecule has 2 atom stereocenters. The second-order valence-corrected chi connectivity index (χ2v) is 9.37. The van der Waals surface area contributed by atoms with E-state index in [4.69, 9.17) is 4.43 Å². The van der Waals surface area contributed by atoms with Crippen LogP contribution in [-0.4, -0.2) is 32.2 Å². The Hall–Kier alpha value is 0.137. The van der Waals surface area contributed by atoms with Crippen molar-refractivity contribution in [3.8, 4) is 0 Å². The SMILES string of the molecule is CC(C)C[Si]1(C)OCCC2CCCCN21. The van der Waals surface area contributed by atoms with Gasteiger partial charge in [-0.2, -0.15) is 0 Å². The summed E-state index contributed by atoms with van der Waals surface area (Å²) >= 11 is 0. The summed E-state index contributed by atoms with van der Waals surface area (Å²) in [7, 11) is -1.53. The molecular formula is C12H25NOSi. The first kappa shape index (κ1) is 11.6. The fraction of sp³-hybridized carbons (Fsp3) is 1.00. The maximum atomic E-state index is 6.21. The molecule has 2 nitrogen and oxygen atoms in total. The first-order chi connectivity index (χ1) is 7.12. The van der Waals surface area contributed by atoms with Gasteiger partial charge in [0.05, 0.1) is 0 Å². The van der Waals surface area contributed by atoms with E-state index >= 15 is 0 Å². The highest BCUT2D eigenvalue weighted by atomic mass is 28.4. The van der Waals surface area contributed by atoms with E-state index in [1.165, 1.54) is 38.3 Å². The molecule has 88 valence electrons. The number of nitrogens with zero attached hydrogens (tertiary/aromatic N) is 1. The van der Waals surface area contributed by atoms with Gasteiger partial charge in [-0.1, -0.05) is 20.3 Å². The smallest absolute Gasteiger partial charge is 0.268 e. The van der Waals surface area contributed by atoms with Gasteiger partial charge in [-0.3, -0.25) is 4.57 Å². The largest absolute Gasteiger partial charge is 0.403 e. The summed E-state index contributed by atoms with van der Waals surface area (Å²) in [5.41, 5.74) is 0. The molecule has 0 aliphatic carbocycles. The molecular weight excluding hydrogens is 202 g/mol. The summed E-state index contributed by atoms with van der Waals surface area (Å²) in [4.78, 5) is 0. The predicted octanol–water partition coefficient (Wildman–Crippen LogP) is 2.99. The molecule has 3 heteroatoms. The molecule has 0 aromatic rings. The molecule has 0 N–H and O–H groups in total. The lowest BCUT2D eigenvalue weighted by Crippen LogP contribution is -2.63. The maximum Gasteiger partial charge on any atom is 0.268 e. The van der Waals surface area contributed by atoms with Crippen LogP contribution in [0, 0.1) is 5.92 Å². The molecule has 2 heterocycles. The number of piperidine rings is 1. The Morgan fingerprint density at radius 2 is 2.13 bits per heavy atom. The summed E-state index contributed by atoms with van der Waals surface area (Å²) < 4.78 is 8.99. The van der Waals surface area contributed by atoms with Crippen molar-refractivity contribution in [3.63, 3.8) is 0 Å². The summed E-state index contributed by atoms with van der Waals surface area (Å²) in [5.74, 6) is 0.780. The van der Waals surface area contributed by atoms with E-state index < -0.39 is 8.48 Å². The molecule has 0 amide bonds. The van der Waals surface area contributed by atoms with Gasteiger partial charge in [0.25, 0.3) is 8.48 Å². The van der Waals surface area contributed by atoms with Crippen molar-refractivity contribution in [2.75, 3.05) is 13.2 Å². The Bertz CT molecular complexity index is 220. The Balaban J connectivity index is 2.08. The van der Waals surface area contributed by atoms with Crippen molar-refractivity contribution < 1.29 is 4.43 Å². The lowest BCUT2D eigenvalue weighted by atomic mass is 10.0. The standard InChI is InChI=1S/C12H25NOSi/c1-11(2)10-15(3)13-8-5-4-6-12(13)7-9-14-15/h11-12H,4-10H2,1-3H3. The Morgan fingerprint density at radius 1 is 1.33 bits per heavy atom. The highest BCUT2D eigenvalue weighted by Crippen LogP contribution is 2.34. The average molecular weight is 227 g/mol. The second kappa shape index (κ2) is 4.56. The van der Waals surface area contributed by atoms with E-state index in [0.717, 1.165) is 18.6 Å². The minimum atomic E-state index is -1.53. The van der Waals surface area contributed by atoms with Crippen molar-refractivity contribution in [3.05, 3.63) is 0 Å². The zero-order chi connectivity index (χ0) is 10.9. The van der Waals surface area contributed by atoms with Crippen LogP contribution in [0.15, 0.2) is 0 Å². The van der Waals surface area contributed by atoms with E-state index in [1.54, 1.807) is 0 Å². The summed E-state index contributed by atoms with van der Waals surface area (Å²) in [6.07, 6.45) is 5.53. The van der Waals surface area contributed by atoms with Crippen molar-refractivity contribution in [2.24, 2.45) is 5.92 Å². The zero-order valence-corrected chi connectivity index (χ0v) is 11.5.